The summed E-state index contributed by atoms with van der Waals surface area (Å²) in [4.78, 5) is 40.1. The number of ether oxygens (including phenoxy) is 2. The monoisotopic (exact) mass is 515 g/mol. The first-order chi connectivity index (χ1) is 18.3. The number of rotatable bonds is 8. The van der Waals surface area contributed by atoms with E-state index >= 15 is 0 Å². The second-order valence-corrected chi connectivity index (χ2v) is 8.86. The molecule has 1 aliphatic rings. The number of anilines is 1. The van der Waals surface area contributed by atoms with Gasteiger partial charge in [0.25, 0.3) is 11.7 Å². The van der Waals surface area contributed by atoms with Crippen LogP contribution in [0.4, 0.5) is 5.69 Å². The van der Waals surface area contributed by atoms with Gasteiger partial charge >= 0.3 is 5.97 Å². The molecule has 0 aromatic heterocycles. The van der Waals surface area contributed by atoms with Crippen molar-refractivity contribution in [1.29, 1.82) is 0 Å². The van der Waals surface area contributed by atoms with E-state index in [0.717, 1.165) is 12.0 Å². The zero-order valence-corrected chi connectivity index (χ0v) is 21.4. The number of phenols is 1. The molecular formula is C30H29NO7. The number of Topliss-reactive ketones (excluding diaryl/α,β-unsaturated/α-hetero) is 1. The molecule has 1 aliphatic heterocycles. The lowest BCUT2D eigenvalue weighted by molar-refractivity contribution is -0.132. The lowest BCUT2D eigenvalue weighted by Gasteiger charge is -2.25. The third-order valence-corrected chi connectivity index (χ3v) is 6.22. The summed E-state index contributed by atoms with van der Waals surface area (Å²) in [6, 6.07) is 16.3. The normalized spacial score (nSPS) is 16.5. The van der Waals surface area contributed by atoms with E-state index in [0.29, 0.717) is 34.7 Å². The number of phenolic OH excluding ortho intramolecular Hbond substituents is 1. The first-order valence-electron chi connectivity index (χ1n) is 12.4. The fraction of sp³-hybridized carbons (Fsp3) is 0.233. The lowest BCUT2D eigenvalue weighted by Crippen LogP contribution is -2.29. The largest absolute Gasteiger partial charge is 0.508 e. The van der Waals surface area contributed by atoms with E-state index in [2.05, 4.69) is 0 Å². The van der Waals surface area contributed by atoms with Crippen molar-refractivity contribution in [2.24, 2.45) is 0 Å². The van der Waals surface area contributed by atoms with Crippen LogP contribution in [-0.2, 0) is 14.3 Å². The van der Waals surface area contributed by atoms with Gasteiger partial charge in [-0.15, -0.1) is 0 Å². The molecule has 1 unspecified atom stereocenters. The number of carbonyl (C=O) groups excluding carboxylic acids is 3. The molecule has 1 fully saturated rings. The van der Waals surface area contributed by atoms with Crippen LogP contribution in [0.2, 0.25) is 0 Å². The molecule has 3 aromatic rings. The molecule has 3 aromatic carbocycles. The van der Waals surface area contributed by atoms with Crippen molar-refractivity contribution in [3.05, 3.63) is 94.6 Å². The maximum absolute atomic E-state index is 13.4. The third kappa shape index (κ3) is 5.11. The minimum absolute atomic E-state index is 0.0165. The molecule has 0 saturated carbocycles. The molecule has 196 valence electrons. The second-order valence-electron chi connectivity index (χ2n) is 8.86. The van der Waals surface area contributed by atoms with E-state index in [1.54, 1.807) is 49.4 Å². The van der Waals surface area contributed by atoms with Crippen molar-refractivity contribution < 1.29 is 34.1 Å². The highest BCUT2D eigenvalue weighted by atomic mass is 16.5. The Hall–Kier alpha value is -4.59. The first-order valence-corrected chi connectivity index (χ1v) is 12.4. The summed E-state index contributed by atoms with van der Waals surface area (Å²) >= 11 is 0. The van der Waals surface area contributed by atoms with Gasteiger partial charge in [0.05, 0.1) is 30.4 Å². The van der Waals surface area contributed by atoms with Gasteiger partial charge in [-0.05, 0) is 86.0 Å². The third-order valence-electron chi connectivity index (χ3n) is 6.22. The van der Waals surface area contributed by atoms with E-state index in [1.807, 2.05) is 13.8 Å². The van der Waals surface area contributed by atoms with Crippen molar-refractivity contribution in [2.45, 2.75) is 33.2 Å². The van der Waals surface area contributed by atoms with E-state index < -0.39 is 23.7 Å². The van der Waals surface area contributed by atoms with Gasteiger partial charge in [0.1, 0.15) is 17.3 Å². The van der Waals surface area contributed by atoms with Crippen LogP contribution < -0.4 is 9.64 Å². The van der Waals surface area contributed by atoms with Crippen LogP contribution in [0, 0.1) is 6.92 Å². The minimum atomic E-state index is -0.972. The maximum Gasteiger partial charge on any atom is 0.338 e. The van der Waals surface area contributed by atoms with Gasteiger partial charge < -0.3 is 19.7 Å². The molecule has 1 amide bonds. The summed E-state index contributed by atoms with van der Waals surface area (Å²) in [6.45, 7) is 6.32. The molecule has 8 nitrogen and oxygen atoms in total. The van der Waals surface area contributed by atoms with Crippen LogP contribution in [0.5, 0.6) is 11.5 Å². The highest BCUT2D eigenvalue weighted by Crippen LogP contribution is 2.42. The van der Waals surface area contributed by atoms with E-state index in [4.69, 9.17) is 9.47 Å². The number of ketones is 1. The Labute approximate surface area is 220 Å². The smallest absolute Gasteiger partial charge is 0.338 e. The zero-order valence-electron chi connectivity index (χ0n) is 21.4. The Bertz CT molecular complexity index is 1390. The second kappa shape index (κ2) is 11.2. The summed E-state index contributed by atoms with van der Waals surface area (Å²) in [5.41, 5.74) is 2.22. The van der Waals surface area contributed by atoms with Crippen molar-refractivity contribution in [2.75, 3.05) is 18.1 Å². The van der Waals surface area contributed by atoms with Crippen LogP contribution in [0.25, 0.3) is 5.76 Å². The lowest BCUT2D eigenvalue weighted by atomic mass is 9.94. The average Bonchev–Trinajstić information content (AvgIpc) is 3.18. The summed E-state index contributed by atoms with van der Waals surface area (Å²) in [7, 11) is 0. The number of aromatic hydroxyl groups is 1. The SMILES string of the molecule is CCCOc1ccc(/C(O)=C2/C(=O)C(=O)N(c3ccc(C(=O)OCC)cc3)C2c2ccc(O)cc2)cc1C. The molecule has 0 radical (unpaired) electrons. The Morgan fingerprint density at radius 2 is 1.61 bits per heavy atom. The summed E-state index contributed by atoms with van der Waals surface area (Å²) < 4.78 is 10.7. The summed E-state index contributed by atoms with van der Waals surface area (Å²) in [6.07, 6.45) is 0.845. The fourth-order valence-corrected chi connectivity index (χ4v) is 4.37. The maximum atomic E-state index is 13.4. The number of benzene rings is 3. The van der Waals surface area contributed by atoms with Gasteiger partial charge in [-0.3, -0.25) is 14.5 Å². The molecular weight excluding hydrogens is 486 g/mol. The molecule has 1 heterocycles. The Morgan fingerprint density at radius 3 is 2.21 bits per heavy atom. The molecule has 1 atom stereocenters. The number of nitrogens with zero attached hydrogens (tertiary/aromatic N) is 1. The Kier molecular flexibility index (Phi) is 7.81. The number of hydrogen-bond donors (Lipinski definition) is 2. The standard InChI is InChI=1S/C30H29NO7/c1-4-16-38-24-15-10-21(17-18(24)3)27(33)25-26(19-8-13-23(32)14-9-19)31(29(35)28(25)34)22-11-6-20(7-12-22)30(36)37-5-2/h6-15,17,26,32-33H,4-5,16H2,1-3H3/b27-25-. The van der Waals surface area contributed by atoms with Gasteiger partial charge in [0, 0.05) is 11.3 Å². The topological polar surface area (TPSA) is 113 Å². The molecule has 0 aliphatic carbocycles. The first kappa shape index (κ1) is 26.5. The average molecular weight is 516 g/mol. The quantitative estimate of drug-likeness (QED) is 0.181. The highest BCUT2D eigenvalue weighted by Gasteiger charge is 2.47. The fourth-order valence-electron chi connectivity index (χ4n) is 4.37. The number of aryl methyl sites for hydroxylation is 1. The number of aliphatic hydroxyl groups is 1. The van der Waals surface area contributed by atoms with E-state index in [-0.39, 0.29) is 23.7 Å². The number of aliphatic hydroxyl groups excluding tert-OH is 1. The number of esters is 1. The molecule has 0 bridgehead atoms. The summed E-state index contributed by atoms with van der Waals surface area (Å²) in [5, 5.41) is 21.2. The van der Waals surface area contributed by atoms with Crippen LogP contribution in [0.15, 0.2) is 72.3 Å². The van der Waals surface area contributed by atoms with Crippen molar-refractivity contribution >= 4 is 29.1 Å². The Morgan fingerprint density at radius 1 is 0.947 bits per heavy atom. The highest BCUT2D eigenvalue weighted by molar-refractivity contribution is 6.51. The number of carbonyl (C=O) groups is 3. The van der Waals surface area contributed by atoms with Crippen molar-refractivity contribution in [3.63, 3.8) is 0 Å². The van der Waals surface area contributed by atoms with E-state index in [1.165, 1.54) is 29.2 Å². The van der Waals surface area contributed by atoms with Gasteiger partial charge in [0.2, 0.25) is 0 Å². The van der Waals surface area contributed by atoms with E-state index in [9.17, 15) is 24.6 Å². The molecule has 1 saturated heterocycles. The van der Waals surface area contributed by atoms with Gasteiger partial charge in [-0.2, -0.15) is 0 Å². The number of amides is 1. The van der Waals surface area contributed by atoms with Crippen molar-refractivity contribution in [1.82, 2.24) is 0 Å². The predicted octanol–water partition coefficient (Wildman–Crippen LogP) is 5.29. The van der Waals surface area contributed by atoms with Gasteiger partial charge in [-0.25, -0.2) is 4.79 Å². The molecule has 4 rings (SSSR count). The van der Waals surface area contributed by atoms with Gasteiger partial charge in [0.15, 0.2) is 0 Å². The van der Waals surface area contributed by atoms with Crippen LogP contribution in [0.3, 0.4) is 0 Å². The van der Waals surface area contributed by atoms with Crippen LogP contribution in [-0.4, -0.2) is 41.1 Å². The summed E-state index contributed by atoms with van der Waals surface area (Å²) in [5.74, 6) is -1.81. The Balaban J connectivity index is 1.82. The van der Waals surface area contributed by atoms with Crippen LogP contribution in [0.1, 0.15) is 53.4 Å². The van der Waals surface area contributed by atoms with Crippen LogP contribution >= 0.6 is 0 Å². The minimum Gasteiger partial charge on any atom is -0.508 e. The zero-order chi connectivity index (χ0) is 27.4. The molecule has 0 spiro atoms. The molecule has 2 N–H and O–H groups in total. The predicted molar refractivity (Wildman–Crippen MR) is 142 cm³/mol. The molecule has 8 heteroatoms. The van der Waals surface area contributed by atoms with Crippen molar-refractivity contribution in [3.8, 4) is 11.5 Å². The number of hydrogen-bond acceptors (Lipinski definition) is 7. The van der Waals surface area contributed by atoms with Gasteiger partial charge in [-0.1, -0.05) is 19.1 Å². The molecule has 38 heavy (non-hydrogen) atoms.